The predicted molar refractivity (Wildman–Crippen MR) is 135 cm³/mol. The van der Waals surface area contributed by atoms with Gasteiger partial charge in [-0.2, -0.15) is 0 Å². The lowest BCUT2D eigenvalue weighted by molar-refractivity contribution is 0.0651. The number of anilines is 1. The summed E-state index contributed by atoms with van der Waals surface area (Å²) < 4.78 is 39.4. The van der Waals surface area contributed by atoms with Gasteiger partial charge in [0, 0.05) is 13.1 Å². The zero-order valence-electron chi connectivity index (χ0n) is 20.2. The second kappa shape index (κ2) is 10.5. The van der Waals surface area contributed by atoms with Crippen LogP contribution in [0.5, 0.6) is 5.75 Å². The van der Waals surface area contributed by atoms with Crippen molar-refractivity contribution >= 4 is 21.6 Å². The molecule has 8 heteroatoms. The van der Waals surface area contributed by atoms with E-state index in [9.17, 15) is 13.2 Å². The lowest BCUT2D eigenvalue weighted by atomic mass is 10.1. The van der Waals surface area contributed by atoms with Crippen molar-refractivity contribution in [2.24, 2.45) is 0 Å². The number of benzene rings is 3. The fourth-order valence-corrected chi connectivity index (χ4v) is 5.64. The Bertz CT molecular complexity index is 1320. The molecular formula is C27H30N2O5S. The molecule has 0 aliphatic carbocycles. The van der Waals surface area contributed by atoms with E-state index < -0.39 is 15.9 Å². The number of rotatable bonds is 9. The third-order valence-electron chi connectivity index (χ3n) is 5.98. The average molecular weight is 495 g/mol. The molecule has 0 aromatic heterocycles. The van der Waals surface area contributed by atoms with E-state index in [0.29, 0.717) is 31.0 Å². The van der Waals surface area contributed by atoms with Crippen LogP contribution in [0.15, 0.2) is 71.6 Å². The van der Waals surface area contributed by atoms with E-state index in [1.807, 2.05) is 56.3 Å². The Labute approximate surface area is 206 Å². The van der Waals surface area contributed by atoms with Crippen molar-refractivity contribution < 1.29 is 22.7 Å². The Balaban J connectivity index is 1.57. The normalized spacial score (nSPS) is 13.1. The van der Waals surface area contributed by atoms with Crippen LogP contribution in [0.3, 0.4) is 0 Å². The second-order valence-corrected chi connectivity index (χ2v) is 10.5. The molecule has 184 valence electrons. The van der Waals surface area contributed by atoms with E-state index in [0.717, 1.165) is 16.7 Å². The highest BCUT2D eigenvalue weighted by molar-refractivity contribution is 7.92. The van der Waals surface area contributed by atoms with Crippen LogP contribution in [0, 0.1) is 0 Å². The first-order chi connectivity index (χ1) is 16.8. The zero-order valence-corrected chi connectivity index (χ0v) is 21.0. The van der Waals surface area contributed by atoms with Crippen LogP contribution < -0.4 is 14.4 Å². The molecule has 0 unspecified atom stereocenters. The standard InChI is InChI=1S/C27H30N2O5S/c1-19(2)34-18-22-10-5-4-9-21(22)17-28-27(30)24-16-23(12-13-26(24)33-3)35(31,32)29-15-14-20-8-6-7-11-25(20)29/h4-13,16,19H,14-15,17-18H2,1-3H3,(H,28,30). The molecule has 4 rings (SSSR count). The van der Waals surface area contributed by atoms with Gasteiger partial charge in [0.25, 0.3) is 15.9 Å². The summed E-state index contributed by atoms with van der Waals surface area (Å²) in [5.74, 6) is -0.111. The molecule has 0 spiro atoms. The van der Waals surface area contributed by atoms with E-state index in [4.69, 9.17) is 9.47 Å². The minimum absolute atomic E-state index is 0.0471. The minimum Gasteiger partial charge on any atom is -0.496 e. The zero-order chi connectivity index (χ0) is 25.0. The quantitative estimate of drug-likeness (QED) is 0.479. The summed E-state index contributed by atoms with van der Waals surface area (Å²) in [5, 5.41) is 2.90. The summed E-state index contributed by atoms with van der Waals surface area (Å²) in [7, 11) is -2.39. The number of fused-ring (bicyclic) bond motifs is 1. The Morgan fingerprint density at radius 1 is 1.03 bits per heavy atom. The van der Waals surface area contributed by atoms with Crippen LogP contribution in [0.4, 0.5) is 5.69 Å². The van der Waals surface area contributed by atoms with Gasteiger partial charge in [0.05, 0.1) is 36.0 Å². The third kappa shape index (κ3) is 5.33. The van der Waals surface area contributed by atoms with Crippen LogP contribution in [0.25, 0.3) is 0 Å². The van der Waals surface area contributed by atoms with Crippen molar-refractivity contribution in [1.29, 1.82) is 0 Å². The largest absolute Gasteiger partial charge is 0.496 e. The third-order valence-corrected chi connectivity index (χ3v) is 7.79. The SMILES string of the molecule is COc1ccc(S(=O)(=O)N2CCc3ccccc32)cc1C(=O)NCc1ccccc1COC(C)C. The highest BCUT2D eigenvalue weighted by atomic mass is 32.2. The number of para-hydroxylation sites is 1. The van der Waals surface area contributed by atoms with Crippen LogP contribution in [-0.2, 0) is 34.3 Å². The number of nitrogens with one attached hydrogen (secondary N) is 1. The molecule has 3 aromatic carbocycles. The average Bonchev–Trinajstić information content (AvgIpc) is 3.31. The fraction of sp³-hybridized carbons (Fsp3) is 0.296. The summed E-state index contributed by atoms with van der Waals surface area (Å²) in [5.41, 5.74) is 3.74. The van der Waals surface area contributed by atoms with E-state index in [2.05, 4.69) is 5.32 Å². The number of ether oxygens (including phenoxy) is 2. The molecule has 0 atom stereocenters. The Morgan fingerprint density at radius 2 is 1.74 bits per heavy atom. The molecule has 0 saturated carbocycles. The summed E-state index contributed by atoms with van der Waals surface area (Å²) in [6, 6.07) is 19.6. The van der Waals surface area contributed by atoms with Gasteiger partial charge in [-0.05, 0) is 61.2 Å². The molecule has 1 N–H and O–H groups in total. The molecule has 1 heterocycles. The molecule has 3 aromatic rings. The molecule has 1 aliphatic rings. The van der Waals surface area contributed by atoms with Crippen LogP contribution in [0.1, 0.15) is 40.9 Å². The van der Waals surface area contributed by atoms with E-state index in [1.54, 1.807) is 6.07 Å². The maximum Gasteiger partial charge on any atom is 0.264 e. The van der Waals surface area contributed by atoms with Gasteiger partial charge in [-0.15, -0.1) is 0 Å². The van der Waals surface area contributed by atoms with Crippen LogP contribution in [-0.4, -0.2) is 34.1 Å². The number of sulfonamides is 1. The van der Waals surface area contributed by atoms with Gasteiger partial charge in [0.2, 0.25) is 0 Å². The molecule has 7 nitrogen and oxygen atoms in total. The Morgan fingerprint density at radius 3 is 2.49 bits per heavy atom. The Hall–Kier alpha value is -3.36. The number of hydrogen-bond acceptors (Lipinski definition) is 5. The summed E-state index contributed by atoms with van der Waals surface area (Å²) >= 11 is 0. The molecule has 0 radical (unpaired) electrons. The monoisotopic (exact) mass is 494 g/mol. The van der Waals surface area contributed by atoms with Gasteiger partial charge in [0.1, 0.15) is 5.75 Å². The molecule has 0 fully saturated rings. The topological polar surface area (TPSA) is 84.9 Å². The first-order valence-electron chi connectivity index (χ1n) is 11.6. The fourth-order valence-electron chi connectivity index (χ4n) is 4.11. The van der Waals surface area contributed by atoms with Gasteiger partial charge in [-0.3, -0.25) is 9.10 Å². The van der Waals surface area contributed by atoms with Crippen molar-refractivity contribution in [2.45, 2.75) is 44.4 Å². The molecule has 1 aliphatic heterocycles. The lowest BCUT2D eigenvalue weighted by Crippen LogP contribution is -2.30. The lowest BCUT2D eigenvalue weighted by Gasteiger charge is -2.20. The van der Waals surface area contributed by atoms with Crippen molar-refractivity contribution in [3.05, 3.63) is 89.0 Å². The van der Waals surface area contributed by atoms with Crippen LogP contribution >= 0.6 is 0 Å². The first-order valence-corrected chi connectivity index (χ1v) is 13.0. The number of hydrogen-bond donors (Lipinski definition) is 1. The molecule has 0 saturated heterocycles. The highest BCUT2D eigenvalue weighted by Crippen LogP contribution is 2.34. The second-order valence-electron chi connectivity index (χ2n) is 8.63. The van der Waals surface area contributed by atoms with Crippen molar-refractivity contribution in [3.8, 4) is 5.75 Å². The van der Waals surface area contributed by atoms with Crippen LogP contribution in [0.2, 0.25) is 0 Å². The predicted octanol–water partition coefficient (Wildman–Crippen LogP) is 4.30. The van der Waals surface area contributed by atoms with Gasteiger partial charge in [0.15, 0.2) is 0 Å². The highest BCUT2D eigenvalue weighted by Gasteiger charge is 2.31. The van der Waals surface area contributed by atoms with Gasteiger partial charge >= 0.3 is 0 Å². The number of amides is 1. The van der Waals surface area contributed by atoms with Crippen molar-refractivity contribution in [1.82, 2.24) is 5.32 Å². The molecular weight excluding hydrogens is 464 g/mol. The molecule has 1 amide bonds. The number of nitrogens with zero attached hydrogens (tertiary/aromatic N) is 1. The number of carbonyl (C=O) groups is 1. The number of methoxy groups -OCH3 is 1. The summed E-state index contributed by atoms with van der Waals surface area (Å²) in [6.45, 7) is 5.02. The maximum atomic E-state index is 13.5. The van der Waals surface area contributed by atoms with E-state index >= 15 is 0 Å². The minimum atomic E-state index is -3.84. The summed E-state index contributed by atoms with van der Waals surface area (Å²) in [4.78, 5) is 13.2. The van der Waals surface area contributed by atoms with E-state index in [-0.39, 0.29) is 23.1 Å². The maximum absolute atomic E-state index is 13.5. The Kier molecular flexibility index (Phi) is 7.42. The number of carbonyl (C=O) groups excluding carboxylic acids is 1. The first kappa shape index (κ1) is 24.8. The van der Waals surface area contributed by atoms with Crippen molar-refractivity contribution in [3.63, 3.8) is 0 Å². The van der Waals surface area contributed by atoms with E-state index in [1.165, 1.54) is 29.6 Å². The smallest absolute Gasteiger partial charge is 0.264 e. The summed E-state index contributed by atoms with van der Waals surface area (Å²) in [6.07, 6.45) is 0.743. The molecule has 0 bridgehead atoms. The van der Waals surface area contributed by atoms with Gasteiger partial charge in [-0.1, -0.05) is 42.5 Å². The molecule has 35 heavy (non-hydrogen) atoms. The van der Waals surface area contributed by atoms with Gasteiger partial charge in [-0.25, -0.2) is 8.42 Å². The van der Waals surface area contributed by atoms with Gasteiger partial charge < -0.3 is 14.8 Å². The van der Waals surface area contributed by atoms with Crippen molar-refractivity contribution in [2.75, 3.05) is 18.0 Å².